The molecule has 4 aromatic rings. The molecule has 0 saturated carbocycles. The van der Waals surface area contributed by atoms with E-state index in [1.54, 1.807) is 18.5 Å². The summed E-state index contributed by atoms with van der Waals surface area (Å²) in [6, 6.07) is 9.81. The molecule has 2 heterocycles. The molecule has 0 bridgehead atoms. The number of hydrogen-bond donors (Lipinski definition) is 4. The zero-order valence-electron chi connectivity index (χ0n) is 22.5. The predicted molar refractivity (Wildman–Crippen MR) is 141 cm³/mol. The van der Waals surface area contributed by atoms with Crippen LogP contribution in [0.3, 0.4) is 0 Å². The third-order valence-corrected chi connectivity index (χ3v) is 6.55. The van der Waals surface area contributed by atoms with Crippen LogP contribution in [0.1, 0.15) is 41.2 Å². The monoisotopic (exact) mass is 573 g/mol. The van der Waals surface area contributed by atoms with Crippen molar-refractivity contribution in [2.24, 2.45) is 0 Å². The zero-order chi connectivity index (χ0) is 30.1. The topological polar surface area (TPSA) is 129 Å². The van der Waals surface area contributed by atoms with Gasteiger partial charge in [-0.05, 0) is 69.3 Å². The number of alkyl halides is 2. The van der Waals surface area contributed by atoms with Gasteiger partial charge in [-0.15, -0.1) is 5.10 Å². The molecule has 9 nitrogen and oxygen atoms in total. The Morgan fingerprint density at radius 3 is 2.34 bits per heavy atom. The number of halogens is 4. The van der Waals surface area contributed by atoms with Crippen LogP contribution in [0.2, 0.25) is 0 Å². The predicted octanol–water partition coefficient (Wildman–Crippen LogP) is 4.38. The smallest absolute Gasteiger partial charge is 0.266 e. The van der Waals surface area contributed by atoms with Crippen molar-refractivity contribution in [3.05, 3.63) is 82.7 Å². The highest BCUT2D eigenvalue weighted by Gasteiger charge is 2.45. The van der Waals surface area contributed by atoms with Crippen molar-refractivity contribution in [3.63, 3.8) is 0 Å². The lowest BCUT2D eigenvalue weighted by Gasteiger charge is -2.33. The third kappa shape index (κ3) is 5.82. The van der Waals surface area contributed by atoms with E-state index in [1.807, 2.05) is 0 Å². The van der Waals surface area contributed by atoms with Gasteiger partial charge in [0, 0.05) is 28.6 Å². The van der Waals surface area contributed by atoms with Crippen molar-refractivity contribution < 1.29 is 37.4 Å². The number of hydrogen-bond acceptors (Lipinski definition) is 8. The molecule has 0 radical (unpaired) electrons. The number of carbonyl (C=O) groups is 1. The van der Waals surface area contributed by atoms with Crippen LogP contribution in [0.5, 0.6) is 5.75 Å². The van der Waals surface area contributed by atoms with Crippen molar-refractivity contribution in [1.82, 2.24) is 26.0 Å². The average Bonchev–Trinajstić information content (AvgIpc) is 2.92. The molecule has 0 saturated heterocycles. The Balaban J connectivity index is 1.79. The summed E-state index contributed by atoms with van der Waals surface area (Å²) in [5.74, 6) is -2.23. The number of rotatable bonds is 9. The number of nitrogens with one attached hydrogen (secondary N) is 2. The van der Waals surface area contributed by atoms with Crippen molar-refractivity contribution in [2.45, 2.75) is 38.3 Å². The lowest BCUT2D eigenvalue weighted by molar-refractivity contribution is -0.0527. The largest absolute Gasteiger partial charge is 0.494 e. The fraction of sp³-hybridized carbons (Fsp3) is 0.286. The van der Waals surface area contributed by atoms with Gasteiger partial charge in [0.1, 0.15) is 22.8 Å². The normalized spacial score (nSPS) is 13.3. The molecule has 4 N–H and O–H groups in total. The molecule has 0 aliphatic rings. The molecule has 13 heteroatoms. The van der Waals surface area contributed by atoms with Gasteiger partial charge >= 0.3 is 0 Å². The van der Waals surface area contributed by atoms with Gasteiger partial charge in [-0.1, -0.05) is 0 Å². The third-order valence-electron chi connectivity index (χ3n) is 6.55. The Bertz CT molecular complexity index is 1600. The summed E-state index contributed by atoms with van der Waals surface area (Å²) in [6.45, 7) is 3.26. The van der Waals surface area contributed by atoms with Gasteiger partial charge in [0.2, 0.25) is 0 Å². The van der Waals surface area contributed by atoms with Gasteiger partial charge in [-0.25, -0.2) is 22.5 Å². The van der Waals surface area contributed by atoms with Crippen LogP contribution in [0.4, 0.5) is 17.6 Å². The number of fused-ring (bicyclic) bond motifs is 1. The average molecular weight is 574 g/mol. The molecule has 0 spiro atoms. The molecule has 2 aromatic heterocycles. The van der Waals surface area contributed by atoms with E-state index >= 15 is 4.39 Å². The van der Waals surface area contributed by atoms with E-state index in [9.17, 15) is 28.3 Å². The van der Waals surface area contributed by atoms with E-state index in [0.717, 1.165) is 18.2 Å². The summed E-state index contributed by atoms with van der Waals surface area (Å²) in [4.78, 5) is 17.2. The first-order valence-electron chi connectivity index (χ1n) is 12.3. The highest BCUT2D eigenvalue weighted by Crippen LogP contribution is 2.35. The van der Waals surface area contributed by atoms with Crippen molar-refractivity contribution in [1.29, 1.82) is 0 Å². The number of aryl methyl sites for hydroxylation is 1. The van der Waals surface area contributed by atoms with Crippen LogP contribution in [0.15, 0.2) is 48.5 Å². The number of pyridine rings is 1. The van der Waals surface area contributed by atoms with Crippen LogP contribution >= 0.6 is 0 Å². The maximum absolute atomic E-state index is 15.5. The van der Waals surface area contributed by atoms with Crippen LogP contribution in [0, 0.1) is 18.6 Å². The van der Waals surface area contributed by atoms with E-state index < -0.39 is 58.6 Å². The first kappa shape index (κ1) is 29.8. The summed E-state index contributed by atoms with van der Waals surface area (Å²) >= 11 is 0. The minimum atomic E-state index is -3.40. The molecule has 0 fully saturated rings. The lowest BCUT2D eigenvalue weighted by Crippen LogP contribution is -2.55. The number of carbonyl (C=O) groups excluding carboxylic acids is 1. The van der Waals surface area contributed by atoms with Crippen LogP contribution in [0.25, 0.3) is 22.2 Å². The summed E-state index contributed by atoms with van der Waals surface area (Å²) in [7, 11) is 1.37. The van der Waals surface area contributed by atoms with Crippen molar-refractivity contribution in [3.8, 4) is 17.0 Å². The maximum atomic E-state index is 15.5. The molecule has 216 valence electrons. The van der Waals surface area contributed by atoms with E-state index in [2.05, 4.69) is 20.5 Å². The second-order valence-corrected chi connectivity index (χ2v) is 9.95. The summed E-state index contributed by atoms with van der Waals surface area (Å²) in [5, 5.41) is 31.6. The minimum Gasteiger partial charge on any atom is -0.494 e. The highest BCUT2D eigenvalue weighted by atomic mass is 19.3. The highest BCUT2D eigenvalue weighted by molar-refractivity contribution is 5.99. The first-order valence-corrected chi connectivity index (χ1v) is 12.3. The SMILES string of the molecule is COc1cc(C(=O)NCC(NO)(c2cc(C(C)(C)O)c(F)c(-c3ccc(F)cc3)n2)C(F)F)cc2cc(C)nnc12. The zero-order valence-corrected chi connectivity index (χ0v) is 22.5. The molecule has 2 aromatic carbocycles. The number of methoxy groups -OCH3 is 1. The number of hydroxylamine groups is 1. The molecule has 4 rings (SSSR count). The van der Waals surface area contributed by atoms with E-state index in [-0.39, 0.29) is 16.9 Å². The van der Waals surface area contributed by atoms with Gasteiger partial charge in [0.15, 0.2) is 11.4 Å². The van der Waals surface area contributed by atoms with Crippen molar-refractivity contribution >= 4 is 16.8 Å². The van der Waals surface area contributed by atoms with Crippen LogP contribution < -0.4 is 15.5 Å². The number of ether oxygens (including phenoxy) is 1. The van der Waals surface area contributed by atoms with Gasteiger partial charge in [0.25, 0.3) is 12.3 Å². The standard InChI is InChI=1S/C28H27F4N5O4/c1-14-9-16-10-17(11-20(41-4)23(16)36-35-14)25(38)33-13-28(37-40,26(31)32)21-12-19(27(2,3)39)22(30)24(34-21)15-5-7-18(29)8-6-15/h5-12,26,37,39-40H,13H2,1-4H3,(H,33,38). The van der Waals surface area contributed by atoms with Gasteiger partial charge < -0.3 is 20.4 Å². The summed E-state index contributed by atoms with van der Waals surface area (Å²) in [6.07, 6.45) is -3.40. The molecule has 41 heavy (non-hydrogen) atoms. The summed E-state index contributed by atoms with van der Waals surface area (Å²) < 4.78 is 63.8. The quantitative estimate of drug-likeness (QED) is 0.172. The van der Waals surface area contributed by atoms with Crippen molar-refractivity contribution in [2.75, 3.05) is 13.7 Å². The molecular weight excluding hydrogens is 546 g/mol. The minimum absolute atomic E-state index is 0.0306. The molecule has 1 amide bonds. The molecule has 0 aliphatic carbocycles. The number of amides is 1. The molecule has 0 aliphatic heterocycles. The van der Waals surface area contributed by atoms with Crippen LogP contribution in [-0.2, 0) is 11.1 Å². The molecule has 1 unspecified atom stereocenters. The van der Waals surface area contributed by atoms with Gasteiger partial charge in [-0.3, -0.25) is 4.79 Å². The fourth-order valence-corrected chi connectivity index (χ4v) is 4.26. The Morgan fingerprint density at radius 1 is 1.07 bits per heavy atom. The number of nitrogens with zero attached hydrogens (tertiary/aromatic N) is 3. The first-order chi connectivity index (χ1) is 19.3. The fourth-order valence-electron chi connectivity index (χ4n) is 4.26. The number of benzene rings is 2. The van der Waals surface area contributed by atoms with E-state index in [0.29, 0.717) is 16.6 Å². The van der Waals surface area contributed by atoms with E-state index in [4.69, 9.17) is 4.74 Å². The Hall–Kier alpha value is -4.20. The maximum Gasteiger partial charge on any atom is 0.266 e. The number of aliphatic hydroxyl groups is 1. The second kappa shape index (κ2) is 11.4. The van der Waals surface area contributed by atoms with Crippen LogP contribution in [-0.4, -0.2) is 51.5 Å². The molecular formula is C28H27F4N5O4. The number of aromatic nitrogens is 3. The summed E-state index contributed by atoms with van der Waals surface area (Å²) in [5.41, 5.74) is -3.51. The second-order valence-electron chi connectivity index (χ2n) is 9.95. The van der Waals surface area contributed by atoms with Gasteiger partial charge in [-0.2, -0.15) is 10.6 Å². The Morgan fingerprint density at radius 2 is 1.76 bits per heavy atom. The lowest BCUT2D eigenvalue weighted by atomic mass is 9.89. The van der Waals surface area contributed by atoms with Gasteiger partial charge in [0.05, 0.1) is 24.1 Å². The Kier molecular flexibility index (Phi) is 8.24. The van der Waals surface area contributed by atoms with E-state index in [1.165, 1.54) is 45.2 Å². The molecule has 1 atom stereocenters. The Labute approximate surface area is 232 Å².